The van der Waals surface area contributed by atoms with Crippen LogP contribution in [0.5, 0.6) is 0 Å². The highest BCUT2D eigenvalue weighted by molar-refractivity contribution is 5.58. The zero-order valence-electron chi connectivity index (χ0n) is 8.55. The van der Waals surface area contributed by atoms with Crippen LogP contribution in [0.15, 0.2) is 28.8 Å². The van der Waals surface area contributed by atoms with E-state index in [-0.39, 0.29) is 12.6 Å². The predicted molar refractivity (Wildman–Crippen MR) is 59.7 cm³/mol. The van der Waals surface area contributed by atoms with Gasteiger partial charge in [-0.1, -0.05) is 0 Å². The highest BCUT2D eigenvalue weighted by Gasteiger charge is 2.05. The lowest BCUT2D eigenvalue weighted by atomic mass is 10.2. The van der Waals surface area contributed by atoms with Crippen molar-refractivity contribution < 1.29 is 9.63 Å². The average molecular weight is 220 g/mol. The molecule has 2 rings (SSSR count). The quantitative estimate of drug-likeness (QED) is 0.702. The van der Waals surface area contributed by atoms with E-state index in [9.17, 15) is 0 Å². The van der Waals surface area contributed by atoms with Gasteiger partial charge >= 0.3 is 0 Å². The van der Waals surface area contributed by atoms with Crippen molar-refractivity contribution in [3.63, 3.8) is 0 Å². The Bertz CT molecular complexity index is 452. The molecule has 0 aliphatic carbocycles. The number of aromatic nitrogens is 2. The molecule has 0 saturated heterocycles. The smallest absolute Gasteiger partial charge is 0.261 e. The number of aliphatic hydroxyl groups excluding tert-OH is 1. The molecule has 0 aliphatic heterocycles. The van der Waals surface area contributed by atoms with Crippen LogP contribution in [0.3, 0.4) is 0 Å². The summed E-state index contributed by atoms with van der Waals surface area (Å²) in [5.41, 5.74) is 7.08. The predicted octanol–water partition coefficient (Wildman–Crippen LogP) is 0.723. The molecule has 2 aromatic rings. The summed E-state index contributed by atoms with van der Waals surface area (Å²) in [6, 6.07) is 7.41. The molecule has 1 aromatic carbocycles. The van der Waals surface area contributed by atoms with Crippen LogP contribution in [0, 0.1) is 0 Å². The second-order valence-electron chi connectivity index (χ2n) is 3.19. The first-order chi connectivity index (χ1) is 7.79. The van der Waals surface area contributed by atoms with Gasteiger partial charge in [0.1, 0.15) is 0 Å². The molecule has 0 unspecified atom stereocenters. The lowest BCUT2D eigenvalue weighted by molar-refractivity contribution is 0.311. The first-order valence-electron chi connectivity index (χ1n) is 4.84. The van der Waals surface area contributed by atoms with Crippen molar-refractivity contribution in [2.75, 3.05) is 24.2 Å². The van der Waals surface area contributed by atoms with E-state index in [2.05, 4.69) is 15.5 Å². The van der Waals surface area contributed by atoms with Crippen LogP contribution in [0.25, 0.3) is 11.5 Å². The van der Waals surface area contributed by atoms with Gasteiger partial charge in [0.2, 0.25) is 0 Å². The number of benzene rings is 1. The monoisotopic (exact) mass is 220 g/mol. The Labute approximate surface area is 92.1 Å². The zero-order chi connectivity index (χ0) is 11.4. The minimum Gasteiger partial charge on any atom is -0.395 e. The van der Waals surface area contributed by atoms with E-state index in [1.165, 1.54) is 0 Å². The van der Waals surface area contributed by atoms with E-state index in [4.69, 9.17) is 15.4 Å². The molecule has 4 N–H and O–H groups in total. The molecule has 0 bridgehead atoms. The third-order valence-corrected chi connectivity index (χ3v) is 2.01. The molecule has 0 fully saturated rings. The largest absolute Gasteiger partial charge is 0.395 e. The molecule has 1 heterocycles. The molecule has 0 atom stereocenters. The van der Waals surface area contributed by atoms with Crippen molar-refractivity contribution >= 4 is 11.6 Å². The van der Waals surface area contributed by atoms with Crippen molar-refractivity contribution in [3.8, 4) is 11.5 Å². The maximum Gasteiger partial charge on any atom is 0.261 e. The van der Waals surface area contributed by atoms with Crippen molar-refractivity contribution in [2.45, 2.75) is 0 Å². The summed E-state index contributed by atoms with van der Waals surface area (Å²) < 4.78 is 4.92. The van der Waals surface area contributed by atoms with Crippen LogP contribution in [0.2, 0.25) is 0 Å². The summed E-state index contributed by atoms with van der Waals surface area (Å²) in [5, 5.41) is 15.2. The molecule has 0 aliphatic rings. The van der Waals surface area contributed by atoms with Crippen LogP contribution in [0.1, 0.15) is 0 Å². The third-order valence-electron chi connectivity index (χ3n) is 2.01. The van der Waals surface area contributed by atoms with E-state index >= 15 is 0 Å². The van der Waals surface area contributed by atoms with Gasteiger partial charge in [-0.2, -0.15) is 4.98 Å². The maximum absolute atomic E-state index is 8.65. The molecule has 16 heavy (non-hydrogen) atoms. The molecular formula is C10H12N4O2. The number of nitrogens with one attached hydrogen (secondary N) is 1. The van der Waals surface area contributed by atoms with Crippen molar-refractivity contribution in [1.82, 2.24) is 10.1 Å². The molecule has 84 valence electrons. The number of nitrogens with two attached hydrogens (primary N) is 1. The van der Waals surface area contributed by atoms with E-state index in [0.717, 1.165) is 11.3 Å². The van der Waals surface area contributed by atoms with Gasteiger partial charge in [0, 0.05) is 17.8 Å². The van der Waals surface area contributed by atoms with Crippen LogP contribution in [-0.4, -0.2) is 28.4 Å². The van der Waals surface area contributed by atoms with Crippen LogP contribution in [-0.2, 0) is 0 Å². The Hall–Kier alpha value is -2.08. The van der Waals surface area contributed by atoms with Gasteiger partial charge in [-0.15, -0.1) is 0 Å². The summed E-state index contributed by atoms with van der Waals surface area (Å²) in [7, 11) is 0. The normalized spacial score (nSPS) is 10.3. The molecule has 0 spiro atoms. The number of hydrogen-bond acceptors (Lipinski definition) is 6. The summed E-state index contributed by atoms with van der Waals surface area (Å²) >= 11 is 0. The van der Waals surface area contributed by atoms with Crippen LogP contribution < -0.4 is 11.1 Å². The Morgan fingerprint density at radius 1 is 1.31 bits per heavy atom. The van der Waals surface area contributed by atoms with Gasteiger partial charge < -0.3 is 20.7 Å². The highest BCUT2D eigenvalue weighted by atomic mass is 16.5. The molecule has 6 heteroatoms. The van der Waals surface area contributed by atoms with Crippen molar-refractivity contribution in [2.24, 2.45) is 0 Å². The summed E-state index contributed by atoms with van der Waals surface area (Å²) in [6.45, 7) is 0.620. The van der Waals surface area contributed by atoms with Gasteiger partial charge in [0.25, 0.3) is 11.8 Å². The van der Waals surface area contributed by atoms with E-state index in [1.807, 2.05) is 24.3 Å². The van der Waals surface area contributed by atoms with E-state index < -0.39 is 0 Å². The van der Waals surface area contributed by atoms with Crippen molar-refractivity contribution in [3.05, 3.63) is 24.3 Å². The standard InChI is InChI=1S/C10H12N4O2/c11-10-13-9(16-14-10)7-1-3-8(4-2-7)12-5-6-15/h1-4,12,15H,5-6H2,(H2,11,14). The average Bonchev–Trinajstić information content (AvgIpc) is 2.74. The molecule has 0 amide bonds. The van der Waals surface area contributed by atoms with Gasteiger partial charge in [0.05, 0.1) is 6.61 Å². The number of anilines is 2. The Kier molecular flexibility index (Phi) is 3.02. The first-order valence-corrected chi connectivity index (χ1v) is 4.84. The van der Waals surface area contributed by atoms with Crippen molar-refractivity contribution in [1.29, 1.82) is 0 Å². The number of rotatable bonds is 4. The third kappa shape index (κ3) is 2.29. The first kappa shape index (κ1) is 10.4. The number of hydrogen-bond donors (Lipinski definition) is 3. The molecule has 0 saturated carbocycles. The fourth-order valence-electron chi connectivity index (χ4n) is 1.28. The Morgan fingerprint density at radius 2 is 2.06 bits per heavy atom. The van der Waals surface area contributed by atoms with Gasteiger partial charge in [-0.05, 0) is 29.4 Å². The minimum atomic E-state index is 0.0992. The summed E-state index contributed by atoms with van der Waals surface area (Å²) in [6.07, 6.45) is 0. The van der Waals surface area contributed by atoms with Crippen LogP contribution >= 0.6 is 0 Å². The second-order valence-corrected chi connectivity index (χ2v) is 3.19. The minimum absolute atomic E-state index is 0.0992. The van der Waals surface area contributed by atoms with Gasteiger partial charge in [0.15, 0.2) is 0 Å². The fourth-order valence-corrected chi connectivity index (χ4v) is 1.28. The summed E-state index contributed by atoms with van der Waals surface area (Å²) in [5.74, 6) is 0.517. The number of nitrogen functional groups attached to an aromatic ring is 1. The Morgan fingerprint density at radius 3 is 2.62 bits per heavy atom. The zero-order valence-corrected chi connectivity index (χ0v) is 8.55. The second kappa shape index (κ2) is 4.63. The van der Waals surface area contributed by atoms with Gasteiger partial charge in [-0.3, -0.25) is 0 Å². The topological polar surface area (TPSA) is 97.2 Å². The SMILES string of the molecule is Nc1noc(-c2ccc(NCCO)cc2)n1. The molecule has 1 aromatic heterocycles. The Balaban J connectivity index is 2.13. The number of nitrogens with zero attached hydrogens (tertiary/aromatic N) is 2. The lowest BCUT2D eigenvalue weighted by Crippen LogP contribution is -2.04. The fraction of sp³-hybridized carbons (Fsp3) is 0.200. The van der Waals surface area contributed by atoms with Crippen LogP contribution in [0.4, 0.5) is 11.6 Å². The maximum atomic E-state index is 8.65. The highest BCUT2D eigenvalue weighted by Crippen LogP contribution is 2.19. The number of aliphatic hydroxyl groups is 1. The lowest BCUT2D eigenvalue weighted by Gasteiger charge is -2.03. The molecule has 0 radical (unpaired) electrons. The molecular weight excluding hydrogens is 208 g/mol. The van der Waals surface area contributed by atoms with E-state index in [0.29, 0.717) is 12.4 Å². The van der Waals surface area contributed by atoms with Gasteiger partial charge in [-0.25, -0.2) is 0 Å². The summed E-state index contributed by atoms with van der Waals surface area (Å²) in [4.78, 5) is 3.91. The molecule has 6 nitrogen and oxygen atoms in total. The van der Waals surface area contributed by atoms with E-state index in [1.54, 1.807) is 0 Å².